The van der Waals surface area contributed by atoms with Gasteiger partial charge in [-0.1, -0.05) is 0 Å². The van der Waals surface area contributed by atoms with Crippen LogP contribution in [0.25, 0.3) is 0 Å². The predicted molar refractivity (Wildman–Crippen MR) is 68.9 cm³/mol. The van der Waals surface area contributed by atoms with Crippen LogP contribution in [-0.2, 0) is 6.54 Å². The van der Waals surface area contributed by atoms with Crippen LogP contribution in [0.4, 0.5) is 5.69 Å². The molecular formula is C13H15N5. The first kappa shape index (κ1) is 12.1. The van der Waals surface area contributed by atoms with E-state index in [1.807, 2.05) is 24.7 Å². The van der Waals surface area contributed by atoms with E-state index in [1.54, 1.807) is 18.5 Å². The Bertz CT molecular complexity index is 512. The first-order valence-corrected chi connectivity index (χ1v) is 5.94. The van der Waals surface area contributed by atoms with Crippen LogP contribution in [-0.4, -0.2) is 21.1 Å². The number of unbranched alkanes of at least 4 members (excludes halogenated alkanes) is 1. The third-order valence-corrected chi connectivity index (χ3v) is 2.61. The van der Waals surface area contributed by atoms with Gasteiger partial charge in [-0.15, -0.1) is 0 Å². The van der Waals surface area contributed by atoms with Crippen molar-refractivity contribution in [2.75, 3.05) is 11.9 Å². The number of nitriles is 1. The molecule has 0 bridgehead atoms. The standard InChI is InChI=1S/C13H15N5/c14-10-13-9-12(3-5-17-13)16-4-1-2-7-18-8-6-15-11-18/h3,5-6,8-9,11H,1-2,4,7H2,(H,16,17). The first-order valence-electron chi connectivity index (χ1n) is 5.94. The molecule has 2 aromatic rings. The van der Waals surface area contributed by atoms with E-state index in [0.29, 0.717) is 5.69 Å². The van der Waals surface area contributed by atoms with E-state index in [0.717, 1.165) is 31.6 Å². The number of imidazole rings is 1. The van der Waals surface area contributed by atoms with E-state index in [4.69, 9.17) is 5.26 Å². The number of hydrogen-bond donors (Lipinski definition) is 1. The highest BCUT2D eigenvalue weighted by Crippen LogP contribution is 2.07. The summed E-state index contributed by atoms with van der Waals surface area (Å²) in [4.78, 5) is 7.92. The number of anilines is 1. The van der Waals surface area contributed by atoms with Crippen molar-refractivity contribution in [1.29, 1.82) is 5.26 Å². The fourth-order valence-corrected chi connectivity index (χ4v) is 1.67. The maximum absolute atomic E-state index is 8.73. The molecule has 2 heterocycles. The molecule has 0 aliphatic heterocycles. The second-order valence-corrected chi connectivity index (χ2v) is 3.98. The van der Waals surface area contributed by atoms with E-state index < -0.39 is 0 Å². The lowest BCUT2D eigenvalue weighted by Crippen LogP contribution is -2.04. The quantitative estimate of drug-likeness (QED) is 0.786. The number of nitrogens with one attached hydrogen (secondary N) is 1. The summed E-state index contributed by atoms with van der Waals surface area (Å²) in [5.74, 6) is 0. The lowest BCUT2D eigenvalue weighted by molar-refractivity contribution is 0.621. The van der Waals surface area contributed by atoms with E-state index in [9.17, 15) is 0 Å². The Hall–Kier alpha value is -2.35. The summed E-state index contributed by atoms with van der Waals surface area (Å²) in [6.07, 6.45) is 9.40. The normalized spacial score (nSPS) is 9.94. The Kier molecular flexibility index (Phi) is 4.31. The van der Waals surface area contributed by atoms with Crippen molar-refractivity contribution < 1.29 is 0 Å². The largest absolute Gasteiger partial charge is 0.385 e. The van der Waals surface area contributed by atoms with Gasteiger partial charge in [-0.25, -0.2) is 9.97 Å². The molecule has 0 radical (unpaired) electrons. The first-order chi connectivity index (χ1) is 8.88. The summed E-state index contributed by atoms with van der Waals surface area (Å²) in [6, 6.07) is 5.66. The molecule has 92 valence electrons. The summed E-state index contributed by atoms with van der Waals surface area (Å²) in [6.45, 7) is 1.88. The molecule has 0 saturated carbocycles. The summed E-state index contributed by atoms with van der Waals surface area (Å²) >= 11 is 0. The molecule has 0 aromatic carbocycles. The molecule has 1 N–H and O–H groups in total. The fourth-order valence-electron chi connectivity index (χ4n) is 1.67. The van der Waals surface area contributed by atoms with Crippen LogP contribution in [0.2, 0.25) is 0 Å². The fraction of sp³-hybridized carbons (Fsp3) is 0.308. The lowest BCUT2D eigenvalue weighted by atomic mass is 10.3. The second kappa shape index (κ2) is 6.40. The highest BCUT2D eigenvalue weighted by molar-refractivity contribution is 5.45. The minimum absolute atomic E-state index is 0.443. The zero-order valence-corrected chi connectivity index (χ0v) is 10.1. The van der Waals surface area contributed by atoms with E-state index in [1.165, 1.54) is 0 Å². The van der Waals surface area contributed by atoms with Gasteiger partial charge in [0.25, 0.3) is 0 Å². The molecular weight excluding hydrogens is 226 g/mol. The molecule has 5 nitrogen and oxygen atoms in total. The number of aromatic nitrogens is 3. The van der Waals surface area contributed by atoms with Gasteiger partial charge in [0, 0.05) is 37.4 Å². The molecule has 18 heavy (non-hydrogen) atoms. The van der Waals surface area contributed by atoms with Crippen molar-refractivity contribution >= 4 is 5.69 Å². The van der Waals surface area contributed by atoms with Gasteiger partial charge in [-0.05, 0) is 25.0 Å². The number of nitrogens with zero attached hydrogens (tertiary/aromatic N) is 4. The number of aryl methyl sites for hydroxylation is 1. The van der Waals surface area contributed by atoms with Crippen LogP contribution in [0.5, 0.6) is 0 Å². The third kappa shape index (κ3) is 3.59. The molecule has 2 rings (SSSR count). The van der Waals surface area contributed by atoms with Crippen LogP contribution in [0.3, 0.4) is 0 Å². The van der Waals surface area contributed by atoms with Gasteiger partial charge in [-0.2, -0.15) is 5.26 Å². The van der Waals surface area contributed by atoms with Gasteiger partial charge in [0.2, 0.25) is 0 Å². The summed E-state index contributed by atoms with van der Waals surface area (Å²) in [5, 5.41) is 12.0. The van der Waals surface area contributed by atoms with Crippen LogP contribution in [0.15, 0.2) is 37.1 Å². The summed E-state index contributed by atoms with van der Waals surface area (Å²) < 4.78 is 2.07. The van der Waals surface area contributed by atoms with E-state index >= 15 is 0 Å². The molecule has 0 saturated heterocycles. The average Bonchev–Trinajstić information content (AvgIpc) is 2.92. The molecule has 0 aliphatic carbocycles. The van der Waals surface area contributed by atoms with Gasteiger partial charge in [0.05, 0.1) is 6.33 Å². The summed E-state index contributed by atoms with van der Waals surface area (Å²) in [7, 11) is 0. The number of hydrogen-bond acceptors (Lipinski definition) is 4. The van der Waals surface area contributed by atoms with Crippen LogP contribution in [0.1, 0.15) is 18.5 Å². The number of pyridine rings is 1. The molecule has 0 amide bonds. The van der Waals surface area contributed by atoms with Crippen molar-refractivity contribution in [2.24, 2.45) is 0 Å². The van der Waals surface area contributed by atoms with E-state index in [2.05, 4.69) is 19.9 Å². The Morgan fingerprint density at radius 2 is 2.28 bits per heavy atom. The Labute approximate surface area is 106 Å². The minimum Gasteiger partial charge on any atom is -0.385 e. The van der Waals surface area contributed by atoms with Crippen LogP contribution >= 0.6 is 0 Å². The van der Waals surface area contributed by atoms with Gasteiger partial charge < -0.3 is 9.88 Å². The monoisotopic (exact) mass is 241 g/mol. The molecule has 0 fully saturated rings. The molecule has 0 atom stereocenters. The Morgan fingerprint density at radius 3 is 3.06 bits per heavy atom. The van der Waals surface area contributed by atoms with Gasteiger partial charge >= 0.3 is 0 Å². The Balaban J connectivity index is 1.67. The zero-order valence-electron chi connectivity index (χ0n) is 10.1. The Morgan fingerprint density at radius 1 is 1.33 bits per heavy atom. The van der Waals surface area contributed by atoms with Crippen molar-refractivity contribution in [1.82, 2.24) is 14.5 Å². The molecule has 2 aromatic heterocycles. The highest BCUT2D eigenvalue weighted by Gasteiger charge is 1.95. The highest BCUT2D eigenvalue weighted by atomic mass is 15.0. The zero-order chi connectivity index (χ0) is 12.6. The van der Waals surface area contributed by atoms with Crippen molar-refractivity contribution in [3.05, 3.63) is 42.7 Å². The molecule has 5 heteroatoms. The third-order valence-electron chi connectivity index (χ3n) is 2.61. The molecule has 0 spiro atoms. The predicted octanol–water partition coefficient (Wildman–Crippen LogP) is 2.04. The average molecular weight is 241 g/mol. The van der Waals surface area contributed by atoms with Crippen molar-refractivity contribution in [3.63, 3.8) is 0 Å². The van der Waals surface area contributed by atoms with Gasteiger partial charge in [-0.3, -0.25) is 0 Å². The minimum atomic E-state index is 0.443. The maximum atomic E-state index is 8.73. The second-order valence-electron chi connectivity index (χ2n) is 3.98. The SMILES string of the molecule is N#Cc1cc(NCCCCn2ccnc2)ccn1. The van der Waals surface area contributed by atoms with Gasteiger partial charge in [0.15, 0.2) is 0 Å². The maximum Gasteiger partial charge on any atom is 0.142 e. The smallest absolute Gasteiger partial charge is 0.142 e. The van der Waals surface area contributed by atoms with Crippen LogP contribution < -0.4 is 5.32 Å². The molecule has 0 unspecified atom stereocenters. The lowest BCUT2D eigenvalue weighted by Gasteiger charge is -2.06. The van der Waals surface area contributed by atoms with E-state index in [-0.39, 0.29) is 0 Å². The number of rotatable bonds is 6. The van der Waals surface area contributed by atoms with Crippen molar-refractivity contribution in [3.8, 4) is 6.07 Å². The van der Waals surface area contributed by atoms with Gasteiger partial charge in [0.1, 0.15) is 11.8 Å². The topological polar surface area (TPSA) is 66.5 Å². The molecule has 0 aliphatic rings. The van der Waals surface area contributed by atoms with Crippen LogP contribution in [0, 0.1) is 11.3 Å². The van der Waals surface area contributed by atoms with Crippen molar-refractivity contribution in [2.45, 2.75) is 19.4 Å². The summed E-state index contributed by atoms with van der Waals surface area (Å²) in [5.41, 5.74) is 1.39.